The minimum absolute atomic E-state index is 0.0826. The van der Waals surface area contributed by atoms with Crippen molar-refractivity contribution in [3.8, 4) is 11.5 Å². The Morgan fingerprint density at radius 1 is 1.16 bits per heavy atom. The molecular weight excluding hydrogens is 546 g/mol. The molecule has 0 unspecified atom stereocenters. The molecule has 0 saturated carbocycles. The molecule has 0 aliphatic rings. The molecule has 0 heterocycles. The van der Waals surface area contributed by atoms with Gasteiger partial charge in [-0.15, -0.1) is 0 Å². The van der Waals surface area contributed by atoms with E-state index in [1.54, 1.807) is 13.3 Å². The van der Waals surface area contributed by atoms with Crippen molar-refractivity contribution in [2.75, 3.05) is 13.7 Å². The van der Waals surface area contributed by atoms with Crippen LogP contribution in [0.3, 0.4) is 0 Å². The molecule has 0 aromatic heterocycles. The average molecular weight is 564 g/mol. The predicted octanol–water partition coefficient (Wildman–Crippen LogP) is 4.05. The minimum Gasteiger partial charge on any atom is -0.495 e. The zero-order chi connectivity index (χ0) is 18.4. The van der Waals surface area contributed by atoms with Gasteiger partial charge in [-0.3, -0.25) is 4.79 Å². The van der Waals surface area contributed by atoms with Crippen LogP contribution in [0.15, 0.2) is 35.4 Å². The van der Waals surface area contributed by atoms with Gasteiger partial charge >= 0.3 is 0 Å². The highest BCUT2D eigenvalue weighted by molar-refractivity contribution is 14.1. The molecule has 2 aromatic rings. The standard InChI is InChI=1S/C18H18I2N2O3/c1-11-5-4-6-12(2)17(11)25-10-16(23)22-21-9-13-7-14(19)18(24-3)15(20)8-13/h4-9H,10H2,1-3H3,(H,22,23)/b21-9-. The second-order valence-corrected chi connectivity index (χ2v) is 7.64. The average Bonchev–Trinajstić information content (AvgIpc) is 2.54. The Hall–Kier alpha value is -1.36. The van der Waals surface area contributed by atoms with Gasteiger partial charge in [0.2, 0.25) is 0 Å². The number of aryl methyl sites for hydroxylation is 2. The first kappa shape index (κ1) is 20.0. The van der Waals surface area contributed by atoms with Gasteiger partial charge < -0.3 is 9.47 Å². The molecule has 0 aliphatic heterocycles. The van der Waals surface area contributed by atoms with Gasteiger partial charge in [-0.1, -0.05) is 18.2 Å². The quantitative estimate of drug-likeness (QED) is 0.328. The molecule has 1 N–H and O–H groups in total. The van der Waals surface area contributed by atoms with E-state index in [1.165, 1.54) is 0 Å². The number of hydrazone groups is 1. The van der Waals surface area contributed by atoms with E-state index in [4.69, 9.17) is 9.47 Å². The Bertz CT molecular complexity index is 764. The fourth-order valence-corrected chi connectivity index (χ4v) is 4.48. The third-order valence-corrected chi connectivity index (χ3v) is 4.99. The van der Waals surface area contributed by atoms with E-state index in [0.29, 0.717) is 0 Å². The molecule has 7 heteroatoms. The number of hydrogen-bond acceptors (Lipinski definition) is 4. The van der Waals surface area contributed by atoms with Gasteiger partial charge in [0.1, 0.15) is 11.5 Å². The van der Waals surface area contributed by atoms with Crippen molar-refractivity contribution in [1.29, 1.82) is 0 Å². The van der Waals surface area contributed by atoms with E-state index < -0.39 is 0 Å². The van der Waals surface area contributed by atoms with Gasteiger partial charge in [0.15, 0.2) is 6.61 Å². The zero-order valence-corrected chi connectivity index (χ0v) is 18.4. The molecule has 0 fully saturated rings. The molecular formula is C18H18I2N2O3. The molecule has 25 heavy (non-hydrogen) atoms. The number of carbonyl (C=O) groups excluding carboxylic acids is 1. The monoisotopic (exact) mass is 564 g/mol. The molecule has 0 atom stereocenters. The number of nitrogens with zero attached hydrogens (tertiary/aromatic N) is 1. The third kappa shape index (κ3) is 5.56. The van der Waals surface area contributed by atoms with Crippen molar-refractivity contribution in [2.24, 2.45) is 5.10 Å². The van der Waals surface area contributed by atoms with Gasteiger partial charge in [-0.05, 0) is 87.9 Å². The molecule has 0 radical (unpaired) electrons. The van der Waals surface area contributed by atoms with Crippen molar-refractivity contribution in [2.45, 2.75) is 13.8 Å². The van der Waals surface area contributed by atoms with Crippen LogP contribution in [-0.4, -0.2) is 25.8 Å². The summed E-state index contributed by atoms with van der Waals surface area (Å²) in [6.07, 6.45) is 1.60. The van der Waals surface area contributed by atoms with Crippen molar-refractivity contribution in [3.63, 3.8) is 0 Å². The van der Waals surface area contributed by atoms with E-state index in [-0.39, 0.29) is 12.5 Å². The fourth-order valence-electron chi connectivity index (χ4n) is 2.22. The second kappa shape index (κ2) is 9.37. The second-order valence-electron chi connectivity index (χ2n) is 5.32. The molecule has 2 aromatic carbocycles. The number of ether oxygens (including phenoxy) is 2. The smallest absolute Gasteiger partial charge is 0.277 e. The summed E-state index contributed by atoms with van der Waals surface area (Å²) in [4.78, 5) is 11.9. The maximum atomic E-state index is 11.9. The predicted molar refractivity (Wildman–Crippen MR) is 116 cm³/mol. The first-order chi connectivity index (χ1) is 11.9. The lowest BCUT2D eigenvalue weighted by Gasteiger charge is -2.10. The van der Waals surface area contributed by atoms with Gasteiger partial charge in [-0.25, -0.2) is 5.43 Å². The summed E-state index contributed by atoms with van der Waals surface area (Å²) in [5.74, 6) is 1.27. The van der Waals surface area contributed by atoms with Crippen molar-refractivity contribution < 1.29 is 14.3 Å². The molecule has 5 nitrogen and oxygen atoms in total. The lowest BCUT2D eigenvalue weighted by Crippen LogP contribution is -2.25. The normalized spacial score (nSPS) is 10.8. The van der Waals surface area contributed by atoms with Crippen LogP contribution in [-0.2, 0) is 4.79 Å². The third-order valence-electron chi connectivity index (χ3n) is 3.38. The number of amides is 1. The highest BCUT2D eigenvalue weighted by Crippen LogP contribution is 2.28. The molecule has 0 aliphatic carbocycles. The molecule has 0 saturated heterocycles. The van der Waals surface area contributed by atoms with Crippen molar-refractivity contribution in [3.05, 3.63) is 54.2 Å². The Balaban J connectivity index is 1.93. The SMILES string of the molecule is COc1c(I)cc(/C=N\NC(=O)COc2c(C)cccc2C)cc1I. The van der Waals surface area contributed by atoms with E-state index in [2.05, 4.69) is 55.7 Å². The molecule has 0 bridgehead atoms. The number of benzene rings is 2. The lowest BCUT2D eigenvalue weighted by molar-refractivity contribution is -0.123. The Kier molecular flexibility index (Phi) is 7.48. The number of halogens is 2. The van der Waals surface area contributed by atoms with Crippen LogP contribution < -0.4 is 14.9 Å². The number of hydrogen-bond donors (Lipinski definition) is 1. The Morgan fingerprint density at radius 2 is 1.76 bits per heavy atom. The van der Waals surface area contributed by atoms with Gasteiger partial charge in [-0.2, -0.15) is 5.10 Å². The first-order valence-electron chi connectivity index (χ1n) is 7.46. The zero-order valence-electron chi connectivity index (χ0n) is 14.1. The summed E-state index contributed by atoms with van der Waals surface area (Å²) in [5, 5.41) is 3.98. The van der Waals surface area contributed by atoms with Crippen LogP contribution in [0.5, 0.6) is 11.5 Å². The largest absolute Gasteiger partial charge is 0.495 e. The van der Waals surface area contributed by atoms with Crippen LogP contribution in [0, 0.1) is 21.0 Å². The highest BCUT2D eigenvalue weighted by atomic mass is 127. The maximum absolute atomic E-state index is 11.9. The van der Waals surface area contributed by atoms with Crippen LogP contribution >= 0.6 is 45.2 Å². The van der Waals surface area contributed by atoms with E-state index in [0.717, 1.165) is 35.3 Å². The lowest BCUT2D eigenvalue weighted by atomic mass is 10.1. The Morgan fingerprint density at radius 3 is 2.32 bits per heavy atom. The highest BCUT2D eigenvalue weighted by Gasteiger charge is 2.08. The van der Waals surface area contributed by atoms with E-state index in [1.807, 2.05) is 44.2 Å². The van der Waals surface area contributed by atoms with Gasteiger partial charge in [0.05, 0.1) is 20.5 Å². The summed E-state index contributed by atoms with van der Waals surface area (Å²) in [5.41, 5.74) is 5.35. The molecule has 1 amide bonds. The number of rotatable bonds is 6. The summed E-state index contributed by atoms with van der Waals surface area (Å²) >= 11 is 4.41. The van der Waals surface area contributed by atoms with Crippen LogP contribution in [0.1, 0.15) is 16.7 Å². The minimum atomic E-state index is -0.309. The topological polar surface area (TPSA) is 59.9 Å². The van der Waals surface area contributed by atoms with Crippen molar-refractivity contribution >= 4 is 57.3 Å². The summed E-state index contributed by atoms with van der Waals surface area (Å²) in [7, 11) is 1.64. The maximum Gasteiger partial charge on any atom is 0.277 e. The van der Waals surface area contributed by atoms with Gasteiger partial charge in [0, 0.05) is 0 Å². The van der Waals surface area contributed by atoms with Gasteiger partial charge in [0.25, 0.3) is 5.91 Å². The molecule has 132 valence electrons. The van der Waals surface area contributed by atoms with Crippen LogP contribution in [0.25, 0.3) is 0 Å². The fraction of sp³-hybridized carbons (Fsp3) is 0.222. The van der Waals surface area contributed by atoms with Crippen LogP contribution in [0.2, 0.25) is 0 Å². The summed E-state index contributed by atoms with van der Waals surface area (Å²) in [6, 6.07) is 9.73. The number of carbonyl (C=O) groups is 1. The summed E-state index contributed by atoms with van der Waals surface area (Å²) in [6.45, 7) is 3.82. The van der Waals surface area contributed by atoms with Crippen LogP contribution in [0.4, 0.5) is 0 Å². The van der Waals surface area contributed by atoms with Crippen molar-refractivity contribution in [1.82, 2.24) is 5.43 Å². The number of methoxy groups -OCH3 is 1. The van der Waals surface area contributed by atoms with E-state index >= 15 is 0 Å². The number of para-hydroxylation sites is 1. The molecule has 0 spiro atoms. The Labute approximate surface area is 174 Å². The molecule has 2 rings (SSSR count). The van der Waals surface area contributed by atoms with E-state index in [9.17, 15) is 4.79 Å². The summed E-state index contributed by atoms with van der Waals surface area (Å²) < 4.78 is 12.9. The number of nitrogens with one attached hydrogen (secondary N) is 1. The first-order valence-corrected chi connectivity index (χ1v) is 9.62.